The lowest BCUT2D eigenvalue weighted by molar-refractivity contribution is -0.115. The van der Waals surface area contributed by atoms with Crippen LogP contribution in [0.25, 0.3) is 6.08 Å². The van der Waals surface area contributed by atoms with E-state index in [0.717, 1.165) is 11.1 Å². The van der Waals surface area contributed by atoms with E-state index in [0.29, 0.717) is 26.6 Å². The van der Waals surface area contributed by atoms with Crippen molar-refractivity contribution >= 4 is 46.7 Å². The number of hydrogen-bond donors (Lipinski definition) is 1. The minimum absolute atomic E-state index is 0.246. The Bertz CT molecular complexity index is 957. The Morgan fingerprint density at radius 1 is 1.11 bits per heavy atom. The SMILES string of the molecule is COc1ccc(/C=C2/S/C(=N\N=C\c3ccccc3Cl)NC2=O)c(OC)c1. The summed E-state index contributed by atoms with van der Waals surface area (Å²) >= 11 is 7.26. The number of carbonyl (C=O) groups excluding carboxylic acids is 1. The Morgan fingerprint density at radius 3 is 2.67 bits per heavy atom. The molecular weight excluding hydrogens is 386 g/mol. The number of benzene rings is 2. The summed E-state index contributed by atoms with van der Waals surface area (Å²) in [4.78, 5) is 12.7. The topological polar surface area (TPSA) is 72.3 Å². The van der Waals surface area contributed by atoms with Gasteiger partial charge < -0.3 is 9.47 Å². The van der Waals surface area contributed by atoms with E-state index in [2.05, 4.69) is 15.5 Å². The number of rotatable bonds is 5. The highest BCUT2D eigenvalue weighted by molar-refractivity contribution is 8.18. The first kappa shape index (κ1) is 19.0. The van der Waals surface area contributed by atoms with E-state index in [-0.39, 0.29) is 5.91 Å². The van der Waals surface area contributed by atoms with Gasteiger partial charge in [-0.25, -0.2) is 0 Å². The first-order chi connectivity index (χ1) is 13.1. The summed E-state index contributed by atoms with van der Waals surface area (Å²) in [5, 5.41) is 11.7. The second-order valence-electron chi connectivity index (χ2n) is 5.34. The van der Waals surface area contributed by atoms with Crippen LogP contribution in [-0.4, -0.2) is 31.5 Å². The number of carbonyl (C=O) groups is 1. The molecule has 0 saturated carbocycles. The molecular formula is C19H16ClN3O3S. The van der Waals surface area contributed by atoms with E-state index >= 15 is 0 Å². The minimum atomic E-state index is -0.246. The maximum absolute atomic E-state index is 12.2. The van der Waals surface area contributed by atoms with Gasteiger partial charge in [-0.3, -0.25) is 10.1 Å². The van der Waals surface area contributed by atoms with Crippen LogP contribution in [0.4, 0.5) is 0 Å². The molecule has 0 unspecified atom stereocenters. The van der Waals surface area contributed by atoms with Crippen LogP contribution in [0, 0.1) is 0 Å². The van der Waals surface area contributed by atoms with Gasteiger partial charge in [0.1, 0.15) is 11.5 Å². The van der Waals surface area contributed by atoms with Gasteiger partial charge in [-0.15, -0.1) is 5.10 Å². The van der Waals surface area contributed by atoms with E-state index < -0.39 is 0 Å². The molecule has 0 aromatic heterocycles. The van der Waals surface area contributed by atoms with E-state index in [9.17, 15) is 4.79 Å². The molecule has 1 saturated heterocycles. The van der Waals surface area contributed by atoms with Crippen LogP contribution in [0.15, 0.2) is 57.6 Å². The number of ether oxygens (including phenoxy) is 2. The van der Waals surface area contributed by atoms with Crippen LogP contribution in [-0.2, 0) is 4.79 Å². The number of hydrogen-bond acceptors (Lipinski definition) is 6. The fourth-order valence-electron chi connectivity index (χ4n) is 2.28. The Hall–Kier alpha value is -2.77. The molecule has 3 rings (SSSR count). The number of halogens is 1. The summed E-state index contributed by atoms with van der Waals surface area (Å²) in [5.74, 6) is 1.04. The molecule has 0 spiro atoms. The number of nitrogens with one attached hydrogen (secondary N) is 1. The highest BCUT2D eigenvalue weighted by atomic mass is 35.5. The predicted octanol–water partition coefficient (Wildman–Crippen LogP) is 3.95. The molecule has 6 nitrogen and oxygen atoms in total. The second kappa shape index (κ2) is 8.75. The zero-order valence-corrected chi connectivity index (χ0v) is 16.2. The van der Waals surface area contributed by atoms with Crippen molar-refractivity contribution in [1.82, 2.24) is 5.32 Å². The number of amidine groups is 1. The third kappa shape index (κ3) is 4.69. The number of amides is 1. The summed E-state index contributed by atoms with van der Waals surface area (Å²) in [6, 6.07) is 12.7. The lowest BCUT2D eigenvalue weighted by atomic mass is 10.1. The maximum Gasteiger partial charge on any atom is 0.264 e. The van der Waals surface area contributed by atoms with Gasteiger partial charge in [-0.2, -0.15) is 5.10 Å². The van der Waals surface area contributed by atoms with Crippen molar-refractivity contribution in [3.63, 3.8) is 0 Å². The van der Waals surface area contributed by atoms with Crippen LogP contribution in [0.3, 0.4) is 0 Å². The molecule has 1 N–H and O–H groups in total. The first-order valence-corrected chi connectivity index (χ1v) is 9.08. The monoisotopic (exact) mass is 401 g/mol. The van der Waals surface area contributed by atoms with Crippen molar-refractivity contribution in [2.24, 2.45) is 10.2 Å². The van der Waals surface area contributed by atoms with E-state index in [1.807, 2.05) is 24.3 Å². The zero-order valence-electron chi connectivity index (χ0n) is 14.6. The Balaban J connectivity index is 1.77. The average Bonchev–Trinajstić information content (AvgIpc) is 3.03. The predicted molar refractivity (Wildman–Crippen MR) is 110 cm³/mol. The molecule has 2 aromatic carbocycles. The van der Waals surface area contributed by atoms with Crippen molar-refractivity contribution in [1.29, 1.82) is 0 Å². The second-order valence-corrected chi connectivity index (χ2v) is 6.78. The Kier molecular flexibility index (Phi) is 6.16. The van der Waals surface area contributed by atoms with Gasteiger partial charge >= 0.3 is 0 Å². The number of methoxy groups -OCH3 is 2. The van der Waals surface area contributed by atoms with Crippen LogP contribution in [0.5, 0.6) is 11.5 Å². The maximum atomic E-state index is 12.2. The molecule has 138 valence electrons. The summed E-state index contributed by atoms with van der Waals surface area (Å²) in [6.07, 6.45) is 3.27. The van der Waals surface area contributed by atoms with E-state index in [1.165, 1.54) is 18.0 Å². The van der Waals surface area contributed by atoms with Crippen LogP contribution in [0.1, 0.15) is 11.1 Å². The lowest BCUT2D eigenvalue weighted by Gasteiger charge is -2.07. The summed E-state index contributed by atoms with van der Waals surface area (Å²) in [5.41, 5.74) is 1.51. The molecule has 0 bridgehead atoms. The molecule has 0 radical (unpaired) electrons. The van der Waals surface area contributed by atoms with Crippen molar-refractivity contribution < 1.29 is 14.3 Å². The highest BCUT2D eigenvalue weighted by Gasteiger charge is 2.24. The molecule has 1 aliphatic rings. The largest absolute Gasteiger partial charge is 0.497 e. The molecule has 2 aromatic rings. The van der Waals surface area contributed by atoms with Gasteiger partial charge in [0.25, 0.3) is 5.91 Å². The third-order valence-corrected chi connectivity index (χ3v) is 4.87. The van der Waals surface area contributed by atoms with Crippen molar-refractivity contribution in [3.8, 4) is 11.5 Å². The zero-order chi connectivity index (χ0) is 19.2. The molecule has 27 heavy (non-hydrogen) atoms. The lowest BCUT2D eigenvalue weighted by Crippen LogP contribution is -2.19. The number of thioether (sulfide) groups is 1. The molecule has 8 heteroatoms. The fourth-order valence-corrected chi connectivity index (χ4v) is 3.23. The van der Waals surface area contributed by atoms with Gasteiger partial charge in [0.05, 0.1) is 25.3 Å². The molecule has 1 heterocycles. The highest BCUT2D eigenvalue weighted by Crippen LogP contribution is 2.31. The van der Waals surface area contributed by atoms with Crippen LogP contribution < -0.4 is 14.8 Å². The van der Waals surface area contributed by atoms with Gasteiger partial charge in [-0.05, 0) is 36.0 Å². The van der Waals surface area contributed by atoms with Crippen molar-refractivity contribution in [3.05, 3.63) is 63.5 Å². The Morgan fingerprint density at radius 2 is 1.93 bits per heavy atom. The first-order valence-electron chi connectivity index (χ1n) is 7.89. The molecule has 1 amide bonds. The fraction of sp³-hybridized carbons (Fsp3) is 0.105. The van der Waals surface area contributed by atoms with Gasteiger partial charge in [0.15, 0.2) is 5.17 Å². The van der Waals surface area contributed by atoms with E-state index in [1.54, 1.807) is 38.5 Å². The van der Waals surface area contributed by atoms with Crippen molar-refractivity contribution in [2.45, 2.75) is 0 Å². The molecule has 0 atom stereocenters. The molecule has 1 fully saturated rings. The smallest absolute Gasteiger partial charge is 0.264 e. The Labute approximate surface area is 165 Å². The standard InChI is InChI=1S/C19H16ClN3O3S/c1-25-14-8-7-12(16(10-14)26-2)9-17-18(24)22-19(27-17)23-21-11-13-5-3-4-6-15(13)20/h3-11H,1-2H3,(H,22,23,24)/b17-9+,21-11+. The van der Waals surface area contributed by atoms with Gasteiger partial charge in [-0.1, -0.05) is 29.8 Å². The minimum Gasteiger partial charge on any atom is -0.497 e. The molecule has 1 aliphatic heterocycles. The quantitative estimate of drug-likeness (QED) is 0.467. The van der Waals surface area contributed by atoms with Crippen molar-refractivity contribution in [2.75, 3.05) is 14.2 Å². The van der Waals surface area contributed by atoms with E-state index in [4.69, 9.17) is 21.1 Å². The van der Waals surface area contributed by atoms with Gasteiger partial charge in [0, 0.05) is 22.2 Å². The number of nitrogens with zero attached hydrogens (tertiary/aromatic N) is 2. The average molecular weight is 402 g/mol. The summed E-state index contributed by atoms with van der Waals surface area (Å²) in [6.45, 7) is 0. The normalized spacial score (nSPS) is 16.9. The third-order valence-electron chi connectivity index (χ3n) is 3.63. The summed E-state index contributed by atoms with van der Waals surface area (Å²) in [7, 11) is 3.15. The van der Waals surface area contributed by atoms with Crippen LogP contribution >= 0.6 is 23.4 Å². The van der Waals surface area contributed by atoms with Gasteiger partial charge in [0.2, 0.25) is 0 Å². The summed E-state index contributed by atoms with van der Waals surface area (Å²) < 4.78 is 10.5. The van der Waals surface area contributed by atoms with Crippen LogP contribution in [0.2, 0.25) is 5.02 Å². The molecule has 0 aliphatic carbocycles.